The summed E-state index contributed by atoms with van der Waals surface area (Å²) in [6, 6.07) is 6.34. The molecule has 0 spiro atoms. The quantitative estimate of drug-likeness (QED) is 0.176. The number of likely N-dealkylation sites (N-methyl/N-ethyl adjacent to an activating group) is 1. The summed E-state index contributed by atoms with van der Waals surface area (Å²) in [5, 5.41) is 8.95. The Morgan fingerprint density at radius 2 is 1.53 bits per heavy atom. The van der Waals surface area contributed by atoms with Crippen LogP contribution in [0.1, 0.15) is 68.9 Å². The molecule has 0 aromatic heterocycles. The number of aliphatic hydroxyl groups is 1. The minimum Gasteiger partial charge on any atom is -0.494 e. The fourth-order valence-corrected chi connectivity index (χ4v) is 7.82. The van der Waals surface area contributed by atoms with Crippen molar-refractivity contribution in [3.8, 4) is 5.75 Å². The third-order valence-electron chi connectivity index (χ3n) is 10.2. The van der Waals surface area contributed by atoms with E-state index < -0.39 is 37.3 Å². The first kappa shape index (κ1) is 36.1. The van der Waals surface area contributed by atoms with Gasteiger partial charge in [0, 0.05) is 19.7 Å². The first-order chi connectivity index (χ1) is 21.0. The number of unbranched alkanes of at least 4 members (excludes halogenated alkanes) is 1. The molecule has 2 saturated carbocycles. The van der Waals surface area contributed by atoms with Crippen molar-refractivity contribution in [3.63, 3.8) is 0 Å². The van der Waals surface area contributed by atoms with E-state index in [4.69, 9.17) is 14.6 Å². The van der Waals surface area contributed by atoms with Crippen molar-refractivity contribution < 1.29 is 58.8 Å². The summed E-state index contributed by atoms with van der Waals surface area (Å²) in [5.41, 5.74) is -3.65. The molecule has 3 aliphatic rings. The van der Waals surface area contributed by atoms with Gasteiger partial charge in [-0.15, -0.1) is 0 Å². The Morgan fingerprint density at radius 3 is 2.18 bits per heavy atom. The van der Waals surface area contributed by atoms with Crippen LogP contribution in [0.4, 0.5) is 39.5 Å². The number of nitrogens with zero attached hydrogens (tertiary/aromatic N) is 1. The van der Waals surface area contributed by atoms with Crippen molar-refractivity contribution >= 4 is 0 Å². The molecule has 258 valence electrons. The van der Waals surface area contributed by atoms with E-state index in [1.807, 2.05) is 6.07 Å². The van der Waals surface area contributed by atoms with Gasteiger partial charge in [-0.2, -0.15) is 39.5 Å². The normalized spacial score (nSPS) is 27.3. The van der Waals surface area contributed by atoms with Gasteiger partial charge in [0.2, 0.25) is 0 Å². The van der Waals surface area contributed by atoms with E-state index in [0.717, 1.165) is 50.7 Å². The zero-order valence-corrected chi connectivity index (χ0v) is 25.5. The van der Waals surface area contributed by atoms with E-state index in [9.17, 15) is 39.5 Å². The lowest BCUT2D eigenvalue weighted by Gasteiger charge is -2.50. The fourth-order valence-electron chi connectivity index (χ4n) is 7.82. The molecule has 4 rings (SSSR count). The summed E-state index contributed by atoms with van der Waals surface area (Å²) in [7, 11) is 1.37. The summed E-state index contributed by atoms with van der Waals surface area (Å²) < 4.78 is 133. The maximum atomic E-state index is 13.1. The lowest BCUT2D eigenvalue weighted by molar-refractivity contribution is -0.457. The molecule has 0 amide bonds. The third kappa shape index (κ3) is 7.23. The molecule has 3 aliphatic carbocycles. The summed E-state index contributed by atoms with van der Waals surface area (Å²) in [5.74, 6) is 2.22. The number of rotatable bonds is 13. The van der Waals surface area contributed by atoms with Crippen molar-refractivity contribution in [1.29, 1.82) is 0 Å². The molecule has 5 atom stereocenters. The monoisotopic (exact) mass is 663 g/mol. The maximum absolute atomic E-state index is 13.1. The highest BCUT2D eigenvalue weighted by Crippen LogP contribution is 2.61. The van der Waals surface area contributed by atoms with Crippen molar-refractivity contribution in [2.24, 2.45) is 17.3 Å². The van der Waals surface area contributed by atoms with Gasteiger partial charge in [0.25, 0.3) is 0 Å². The van der Waals surface area contributed by atoms with Crippen LogP contribution in [0.3, 0.4) is 0 Å². The molecule has 0 heterocycles. The van der Waals surface area contributed by atoms with Gasteiger partial charge in [0.15, 0.2) is 0 Å². The van der Waals surface area contributed by atoms with E-state index in [1.165, 1.54) is 23.1 Å². The van der Waals surface area contributed by atoms with Crippen molar-refractivity contribution in [2.75, 3.05) is 46.6 Å². The summed E-state index contributed by atoms with van der Waals surface area (Å²) >= 11 is 0. The molecule has 45 heavy (non-hydrogen) atoms. The Labute approximate surface area is 257 Å². The first-order valence-electron chi connectivity index (χ1n) is 15.5. The summed E-state index contributed by atoms with van der Waals surface area (Å²) in [4.78, 5) is 1.29. The third-order valence-corrected chi connectivity index (χ3v) is 10.2. The van der Waals surface area contributed by atoms with Crippen LogP contribution in [0.15, 0.2) is 18.2 Å². The Bertz CT molecular complexity index is 1090. The van der Waals surface area contributed by atoms with Crippen LogP contribution in [0, 0.1) is 17.3 Å². The Balaban J connectivity index is 1.28. The van der Waals surface area contributed by atoms with Crippen LogP contribution in [0.2, 0.25) is 0 Å². The second kappa shape index (κ2) is 13.8. The van der Waals surface area contributed by atoms with Gasteiger partial charge in [-0.25, -0.2) is 0 Å². The van der Waals surface area contributed by atoms with Crippen LogP contribution in [-0.4, -0.2) is 86.8 Å². The van der Waals surface area contributed by atoms with E-state index in [-0.39, 0.29) is 31.3 Å². The SMILES string of the molecule is CN(CCO[C@H]1CCC2C3CCc4cc(OCCCCO)ccc4C3CC[C@@]21C)CCOC(C(F)(F)F)(C(F)(F)F)C(F)(F)F. The van der Waals surface area contributed by atoms with Crippen LogP contribution >= 0.6 is 0 Å². The summed E-state index contributed by atoms with van der Waals surface area (Å²) in [6.07, 6.45) is -13.0. The number of aliphatic hydroxyl groups excluding tert-OH is 1. The van der Waals surface area contributed by atoms with Crippen LogP contribution in [0.25, 0.3) is 0 Å². The molecule has 0 saturated heterocycles. The van der Waals surface area contributed by atoms with Crippen molar-refractivity contribution in [3.05, 3.63) is 29.3 Å². The fraction of sp³-hybridized carbons (Fsp3) is 0.806. The van der Waals surface area contributed by atoms with Crippen LogP contribution < -0.4 is 4.74 Å². The van der Waals surface area contributed by atoms with Crippen molar-refractivity contribution in [1.82, 2.24) is 4.90 Å². The highest BCUT2D eigenvalue weighted by molar-refractivity contribution is 5.40. The molecular formula is C31H42F9NO4. The largest absolute Gasteiger partial charge is 0.494 e. The topological polar surface area (TPSA) is 51.2 Å². The Morgan fingerprint density at radius 1 is 0.867 bits per heavy atom. The van der Waals surface area contributed by atoms with Crippen LogP contribution in [-0.2, 0) is 15.9 Å². The first-order valence-corrected chi connectivity index (χ1v) is 15.5. The number of aryl methyl sites for hydroxylation is 1. The Hall–Kier alpha value is -1.77. The zero-order chi connectivity index (χ0) is 33.3. The molecule has 2 fully saturated rings. The average molecular weight is 664 g/mol. The van der Waals surface area contributed by atoms with Crippen LogP contribution in [0.5, 0.6) is 5.75 Å². The number of halogens is 9. The predicted molar refractivity (Wildman–Crippen MR) is 147 cm³/mol. The average Bonchev–Trinajstić information content (AvgIpc) is 3.27. The zero-order valence-electron chi connectivity index (χ0n) is 25.5. The molecule has 1 N–H and O–H groups in total. The molecule has 14 heteroatoms. The Kier molecular flexibility index (Phi) is 11.0. The van der Waals surface area contributed by atoms with E-state index in [2.05, 4.69) is 23.8 Å². The standard InChI is InChI=1S/C31H42F9NO4/c1-27-12-11-23-22-8-6-21(43-16-4-3-15-42)19-20(22)5-7-24(23)25(27)9-10-26(27)44-17-13-41(2)14-18-45-28(29(32,33)34,30(35,36)37)31(38,39)40/h6,8,19,23-26,42H,3-5,7,9-18H2,1-2H3/t23?,24?,25?,26-,27-/m0/s1. The van der Waals surface area contributed by atoms with Gasteiger partial charge >= 0.3 is 24.1 Å². The number of hydrogen-bond donors (Lipinski definition) is 1. The van der Waals surface area contributed by atoms with E-state index in [0.29, 0.717) is 30.8 Å². The van der Waals surface area contributed by atoms with Gasteiger partial charge in [0.1, 0.15) is 5.75 Å². The van der Waals surface area contributed by atoms with E-state index >= 15 is 0 Å². The maximum Gasteiger partial charge on any atom is 0.435 e. The lowest BCUT2D eigenvalue weighted by atomic mass is 9.55. The molecule has 1 aromatic rings. The van der Waals surface area contributed by atoms with E-state index in [1.54, 1.807) is 0 Å². The molecular weight excluding hydrogens is 621 g/mol. The molecule has 0 bridgehead atoms. The highest BCUT2D eigenvalue weighted by Gasteiger charge is 2.85. The van der Waals surface area contributed by atoms with Gasteiger partial charge in [0.05, 0.1) is 25.9 Å². The number of hydrogen-bond acceptors (Lipinski definition) is 5. The minimum absolute atomic E-state index is 0.0717. The second-order valence-electron chi connectivity index (χ2n) is 12.9. The number of benzene rings is 1. The van der Waals surface area contributed by atoms with Gasteiger partial charge in [-0.3, -0.25) is 0 Å². The van der Waals surface area contributed by atoms with Gasteiger partial charge in [-0.1, -0.05) is 13.0 Å². The highest BCUT2D eigenvalue weighted by atomic mass is 19.4. The minimum atomic E-state index is -6.74. The smallest absolute Gasteiger partial charge is 0.435 e. The van der Waals surface area contributed by atoms with Gasteiger partial charge in [-0.05, 0) is 105 Å². The van der Waals surface area contributed by atoms with Gasteiger partial charge < -0.3 is 24.2 Å². The molecule has 1 aromatic carbocycles. The molecule has 0 radical (unpaired) electrons. The second-order valence-corrected chi connectivity index (χ2v) is 12.9. The van der Waals surface area contributed by atoms with Crippen molar-refractivity contribution in [2.45, 2.75) is 94.4 Å². The molecule has 0 aliphatic heterocycles. The summed E-state index contributed by atoms with van der Waals surface area (Å²) in [6.45, 7) is 1.15. The number of fused-ring (bicyclic) bond motifs is 5. The number of ether oxygens (including phenoxy) is 3. The molecule has 3 unspecified atom stereocenters. The lowest BCUT2D eigenvalue weighted by Crippen LogP contribution is -2.68. The number of alkyl halides is 9. The predicted octanol–water partition coefficient (Wildman–Crippen LogP) is 7.45. The molecule has 5 nitrogen and oxygen atoms in total.